The summed E-state index contributed by atoms with van der Waals surface area (Å²) in [6.07, 6.45) is 11.9. The van der Waals surface area contributed by atoms with E-state index in [-0.39, 0.29) is 0 Å². The van der Waals surface area contributed by atoms with Gasteiger partial charge in [0.1, 0.15) is 0 Å². The normalized spacial score (nSPS) is 14.2. The van der Waals surface area contributed by atoms with Gasteiger partial charge in [-0.15, -0.1) is 0 Å². The van der Waals surface area contributed by atoms with Crippen LogP contribution in [0.15, 0.2) is 34.9 Å². The highest BCUT2D eigenvalue weighted by molar-refractivity contribution is 6.04. The topological polar surface area (TPSA) is 52.6 Å². The smallest absolute Gasteiger partial charge is 0.339 e. The van der Waals surface area contributed by atoms with Gasteiger partial charge in [-0.1, -0.05) is 57.3 Å². The largest absolute Gasteiger partial charge is 0.462 e. The van der Waals surface area contributed by atoms with Gasteiger partial charge in [0.25, 0.3) is 0 Å². The summed E-state index contributed by atoms with van der Waals surface area (Å²) in [6, 6.07) is 0. The summed E-state index contributed by atoms with van der Waals surface area (Å²) in [6.45, 7) is 6.89. The fourth-order valence-corrected chi connectivity index (χ4v) is 2.37. The van der Waals surface area contributed by atoms with Gasteiger partial charge in [0, 0.05) is 0 Å². The van der Waals surface area contributed by atoms with Crippen molar-refractivity contribution in [3.63, 3.8) is 0 Å². The number of unbranched alkanes of at least 4 members (excludes halogenated alkanes) is 4. The molecule has 0 aromatic heterocycles. The molecule has 1 rings (SSSR count). The first-order chi connectivity index (χ1) is 11.6. The first-order valence-corrected chi connectivity index (χ1v) is 9.02. The van der Waals surface area contributed by atoms with Crippen molar-refractivity contribution in [3.8, 4) is 0 Å². The highest BCUT2D eigenvalue weighted by Gasteiger charge is 2.21. The van der Waals surface area contributed by atoms with Crippen LogP contribution < -0.4 is 0 Å². The van der Waals surface area contributed by atoms with Crippen molar-refractivity contribution in [3.05, 3.63) is 34.9 Å². The molecule has 1 aliphatic carbocycles. The predicted octanol–water partition coefficient (Wildman–Crippen LogP) is 4.66. The molecule has 0 saturated carbocycles. The average Bonchev–Trinajstić information content (AvgIpc) is 2.77. The van der Waals surface area contributed by atoms with Gasteiger partial charge in [-0.2, -0.15) is 0 Å². The fraction of sp³-hybridized carbons (Fsp3) is 0.600. The zero-order valence-electron chi connectivity index (χ0n) is 15.2. The van der Waals surface area contributed by atoms with Crippen molar-refractivity contribution in [2.45, 2.75) is 65.7 Å². The number of esters is 2. The van der Waals surface area contributed by atoms with Gasteiger partial charge in [0.2, 0.25) is 0 Å². The van der Waals surface area contributed by atoms with E-state index in [0.717, 1.165) is 44.1 Å². The first-order valence-electron chi connectivity index (χ1n) is 9.02. The van der Waals surface area contributed by atoms with Crippen LogP contribution in [-0.2, 0) is 19.1 Å². The molecule has 0 atom stereocenters. The second kappa shape index (κ2) is 11.7. The third-order valence-electron chi connectivity index (χ3n) is 3.81. The summed E-state index contributed by atoms with van der Waals surface area (Å²) in [5.41, 5.74) is 1.61. The fourth-order valence-electron chi connectivity index (χ4n) is 2.37. The molecule has 0 fully saturated rings. The molecule has 0 aromatic carbocycles. The van der Waals surface area contributed by atoms with Crippen molar-refractivity contribution in [2.24, 2.45) is 0 Å². The van der Waals surface area contributed by atoms with Gasteiger partial charge >= 0.3 is 11.9 Å². The van der Waals surface area contributed by atoms with E-state index in [4.69, 9.17) is 9.47 Å². The lowest BCUT2D eigenvalue weighted by Crippen LogP contribution is -2.15. The Morgan fingerprint density at radius 1 is 0.917 bits per heavy atom. The monoisotopic (exact) mass is 334 g/mol. The van der Waals surface area contributed by atoms with Crippen LogP contribution in [0.1, 0.15) is 65.7 Å². The first kappa shape index (κ1) is 20.2. The molecule has 0 aliphatic heterocycles. The Bertz CT molecular complexity index is 512. The maximum absolute atomic E-state index is 12.4. The van der Waals surface area contributed by atoms with Crippen molar-refractivity contribution < 1.29 is 19.1 Å². The van der Waals surface area contributed by atoms with E-state index in [0.29, 0.717) is 30.8 Å². The zero-order valence-corrected chi connectivity index (χ0v) is 15.2. The van der Waals surface area contributed by atoms with Gasteiger partial charge in [0.15, 0.2) is 0 Å². The van der Waals surface area contributed by atoms with Crippen LogP contribution in [0.2, 0.25) is 0 Å². The summed E-state index contributed by atoms with van der Waals surface area (Å²) in [5.74, 6) is -0.897. The molecule has 0 spiro atoms. The van der Waals surface area contributed by atoms with E-state index >= 15 is 0 Å². The van der Waals surface area contributed by atoms with E-state index < -0.39 is 11.9 Å². The molecule has 0 bridgehead atoms. The molecular weight excluding hydrogens is 304 g/mol. The average molecular weight is 334 g/mol. The molecule has 4 heteroatoms. The molecule has 0 unspecified atom stereocenters. The lowest BCUT2D eigenvalue weighted by Gasteiger charge is -2.10. The van der Waals surface area contributed by atoms with E-state index in [1.165, 1.54) is 0 Å². The number of hydrogen-bond donors (Lipinski definition) is 0. The van der Waals surface area contributed by atoms with Gasteiger partial charge in [-0.25, -0.2) is 9.59 Å². The summed E-state index contributed by atoms with van der Waals surface area (Å²) in [7, 11) is 0. The summed E-state index contributed by atoms with van der Waals surface area (Å²) < 4.78 is 10.6. The van der Waals surface area contributed by atoms with Crippen LogP contribution in [0.5, 0.6) is 0 Å². The highest BCUT2D eigenvalue weighted by Crippen LogP contribution is 2.20. The predicted molar refractivity (Wildman–Crippen MR) is 95.5 cm³/mol. The minimum absolute atomic E-state index is 0.295. The summed E-state index contributed by atoms with van der Waals surface area (Å²) in [5, 5.41) is 0. The van der Waals surface area contributed by atoms with Crippen LogP contribution in [0.4, 0.5) is 0 Å². The molecule has 0 amide bonds. The Morgan fingerprint density at radius 2 is 1.46 bits per heavy atom. The Labute approximate surface area is 145 Å². The SMILES string of the molecule is CCCCCOC(=O)C1=C(C(=O)OCCCCC)C=C(C)CC=C1. The van der Waals surface area contributed by atoms with Gasteiger partial charge in [-0.05, 0) is 32.3 Å². The molecule has 134 valence electrons. The Morgan fingerprint density at radius 3 is 2.00 bits per heavy atom. The second-order valence-electron chi connectivity index (χ2n) is 6.11. The third kappa shape index (κ3) is 7.16. The molecule has 0 aromatic rings. The van der Waals surface area contributed by atoms with E-state index in [1.54, 1.807) is 12.2 Å². The molecule has 1 aliphatic rings. The van der Waals surface area contributed by atoms with Crippen molar-refractivity contribution >= 4 is 11.9 Å². The van der Waals surface area contributed by atoms with Gasteiger partial charge < -0.3 is 9.47 Å². The number of carbonyl (C=O) groups is 2. The zero-order chi connectivity index (χ0) is 17.8. The quantitative estimate of drug-likeness (QED) is 0.431. The number of carbonyl (C=O) groups excluding carboxylic acids is 2. The van der Waals surface area contributed by atoms with E-state index in [1.807, 2.05) is 13.0 Å². The molecule has 0 heterocycles. The molecule has 24 heavy (non-hydrogen) atoms. The standard InChI is InChI=1S/C20H30O4/c1-4-6-8-13-23-19(21)17-12-10-11-16(3)15-18(17)20(22)24-14-9-7-5-2/h10,12,15H,4-9,11,13-14H2,1-3H3. The molecule has 0 N–H and O–H groups in total. The van der Waals surface area contributed by atoms with Crippen LogP contribution in [-0.4, -0.2) is 25.2 Å². The lowest BCUT2D eigenvalue weighted by atomic mass is 10.1. The lowest BCUT2D eigenvalue weighted by molar-refractivity contribution is -0.141. The Kier molecular flexibility index (Phi) is 9.81. The van der Waals surface area contributed by atoms with Crippen molar-refractivity contribution in [1.82, 2.24) is 0 Å². The Hall–Kier alpha value is -1.84. The summed E-state index contributed by atoms with van der Waals surface area (Å²) >= 11 is 0. The van der Waals surface area contributed by atoms with Crippen LogP contribution in [0.25, 0.3) is 0 Å². The third-order valence-corrected chi connectivity index (χ3v) is 3.81. The van der Waals surface area contributed by atoms with E-state index in [9.17, 15) is 9.59 Å². The summed E-state index contributed by atoms with van der Waals surface area (Å²) in [4.78, 5) is 24.7. The minimum Gasteiger partial charge on any atom is -0.462 e. The number of ether oxygens (including phenoxy) is 2. The minimum atomic E-state index is -0.450. The van der Waals surface area contributed by atoms with Gasteiger partial charge in [0.05, 0.1) is 24.4 Å². The molecule has 0 radical (unpaired) electrons. The van der Waals surface area contributed by atoms with Crippen LogP contribution >= 0.6 is 0 Å². The number of allylic oxidation sites excluding steroid dienone is 2. The molecular formula is C20H30O4. The van der Waals surface area contributed by atoms with Crippen molar-refractivity contribution in [2.75, 3.05) is 13.2 Å². The maximum atomic E-state index is 12.4. The van der Waals surface area contributed by atoms with Crippen molar-refractivity contribution in [1.29, 1.82) is 0 Å². The number of hydrogen-bond acceptors (Lipinski definition) is 4. The van der Waals surface area contributed by atoms with Crippen LogP contribution in [0, 0.1) is 0 Å². The van der Waals surface area contributed by atoms with Crippen LogP contribution in [0.3, 0.4) is 0 Å². The second-order valence-corrected chi connectivity index (χ2v) is 6.11. The van der Waals surface area contributed by atoms with E-state index in [2.05, 4.69) is 13.8 Å². The molecule has 0 saturated heterocycles. The Balaban J connectivity index is 2.81. The number of rotatable bonds is 10. The highest BCUT2D eigenvalue weighted by atomic mass is 16.5. The van der Waals surface area contributed by atoms with Gasteiger partial charge in [-0.3, -0.25) is 0 Å². The maximum Gasteiger partial charge on any atom is 0.339 e. The molecule has 4 nitrogen and oxygen atoms in total.